The van der Waals surface area contributed by atoms with Gasteiger partial charge in [0.2, 0.25) is 0 Å². The van der Waals surface area contributed by atoms with E-state index in [1.807, 2.05) is 17.9 Å². The first-order chi connectivity index (χ1) is 11.7. The summed E-state index contributed by atoms with van der Waals surface area (Å²) in [6.07, 6.45) is 7.12. The zero-order valence-electron chi connectivity index (χ0n) is 15.0. The van der Waals surface area contributed by atoms with E-state index in [-0.39, 0.29) is 0 Å². The molecule has 0 saturated carbocycles. The number of pyridine rings is 1. The van der Waals surface area contributed by atoms with Gasteiger partial charge in [0.05, 0.1) is 6.20 Å². The molecule has 130 valence electrons. The second-order valence-corrected chi connectivity index (χ2v) is 7.42. The van der Waals surface area contributed by atoms with Gasteiger partial charge in [0.15, 0.2) is 5.65 Å². The Morgan fingerprint density at radius 3 is 2.75 bits per heavy atom. The Hall–Kier alpha value is -1.46. The molecule has 2 fully saturated rings. The van der Waals surface area contributed by atoms with E-state index >= 15 is 0 Å². The van der Waals surface area contributed by atoms with Crippen molar-refractivity contribution in [2.75, 3.05) is 32.7 Å². The quantitative estimate of drug-likeness (QED) is 0.868. The number of hydrogen-bond acceptors (Lipinski definition) is 4. The zero-order valence-corrected chi connectivity index (χ0v) is 15.0. The number of likely N-dealkylation sites (tertiary alicyclic amines) is 2. The van der Waals surface area contributed by atoms with Gasteiger partial charge in [-0.1, -0.05) is 6.92 Å². The number of aryl methyl sites for hydroxylation is 1. The zero-order chi connectivity index (χ0) is 16.5. The van der Waals surface area contributed by atoms with Gasteiger partial charge in [0.1, 0.15) is 0 Å². The lowest BCUT2D eigenvalue weighted by molar-refractivity contribution is 0.0865. The van der Waals surface area contributed by atoms with Crippen LogP contribution in [0, 0.1) is 0 Å². The molecule has 1 unspecified atom stereocenters. The average Bonchev–Trinajstić information content (AvgIpc) is 3.02. The van der Waals surface area contributed by atoms with E-state index in [0.29, 0.717) is 5.92 Å². The summed E-state index contributed by atoms with van der Waals surface area (Å²) in [6, 6.07) is 5.18. The molecular formula is C19H29N5. The molecule has 0 aliphatic carbocycles. The van der Waals surface area contributed by atoms with Gasteiger partial charge in [-0.15, -0.1) is 0 Å². The fourth-order valence-electron chi connectivity index (χ4n) is 4.44. The molecule has 5 heteroatoms. The molecular weight excluding hydrogens is 298 g/mol. The van der Waals surface area contributed by atoms with Crippen molar-refractivity contribution in [3.05, 3.63) is 24.0 Å². The van der Waals surface area contributed by atoms with Gasteiger partial charge in [-0.2, -0.15) is 5.10 Å². The SMILES string of the molecule is CCN1CCC(N2CCCC(c3ccc4cnn(C)c4n3)C2)CC1. The largest absolute Gasteiger partial charge is 0.303 e. The van der Waals surface area contributed by atoms with Crippen molar-refractivity contribution in [3.63, 3.8) is 0 Å². The van der Waals surface area contributed by atoms with Gasteiger partial charge >= 0.3 is 0 Å². The van der Waals surface area contributed by atoms with Gasteiger partial charge in [0, 0.05) is 36.6 Å². The van der Waals surface area contributed by atoms with E-state index < -0.39 is 0 Å². The topological polar surface area (TPSA) is 37.2 Å². The molecule has 24 heavy (non-hydrogen) atoms. The predicted molar refractivity (Wildman–Crippen MR) is 97.2 cm³/mol. The molecule has 5 nitrogen and oxygen atoms in total. The van der Waals surface area contributed by atoms with Crippen LogP contribution in [0.5, 0.6) is 0 Å². The fourth-order valence-corrected chi connectivity index (χ4v) is 4.44. The van der Waals surface area contributed by atoms with E-state index in [9.17, 15) is 0 Å². The predicted octanol–water partition coefficient (Wildman–Crippen LogP) is 2.63. The minimum Gasteiger partial charge on any atom is -0.303 e. The Morgan fingerprint density at radius 2 is 1.96 bits per heavy atom. The lowest BCUT2D eigenvalue weighted by Crippen LogP contribution is -2.48. The maximum Gasteiger partial charge on any atom is 0.157 e. The molecule has 4 rings (SSSR count). The van der Waals surface area contributed by atoms with Crippen molar-refractivity contribution in [2.24, 2.45) is 7.05 Å². The van der Waals surface area contributed by atoms with E-state index in [1.54, 1.807) is 0 Å². The van der Waals surface area contributed by atoms with Crippen molar-refractivity contribution in [2.45, 2.75) is 44.6 Å². The minimum atomic E-state index is 0.572. The molecule has 0 spiro atoms. The first kappa shape index (κ1) is 16.0. The monoisotopic (exact) mass is 327 g/mol. The summed E-state index contributed by atoms with van der Waals surface area (Å²) in [4.78, 5) is 10.3. The van der Waals surface area contributed by atoms with Gasteiger partial charge in [-0.3, -0.25) is 9.58 Å². The van der Waals surface area contributed by atoms with Gasteiger partial charge < -0.3 is 4.90 Å². The maximum atomic E-state index is 4.93. The van der Waals surface area contributed by atoms with Crippen molar-refractivity contribution in [3.8, 4) is 0 Å². The number of aromatic nitrogens is 3. The fraction of sp³-hybridized carbons (Fsp3) is 0.684. The van der Waals surface area contributed by atoms with Gasteiger partial charge in [-0.25, -0.2) is 4.98 Å². The Balaban J connectivity index is 1.46. The number of rotatable bonds is 3. The van der Waals surface area contributed by atoms with Crippen molar-refractivity contribution in [1.82, 2.24) is 24.6 Å². The summed E-state index contributed by atoms with van der Waals surface area (Å²) in [5.41, 5.74) is 2.27. The number of piperidine rings is 2. The summed E-state index contributed by atoms with van der Waals surface area (Å²) < 4.78 is 1.89. The van der Waals surface area contributed by atoms with Crippen LogP contribution in [0.3, 0.4) is 0 Å². The summed E-state index contributed by atoms with van der Waals surface area (Å²) in [5.74, 6) is 0.572. The molecule has 1 atom stereocenters. The first-order valence-electron chi connectivity index (χ1n) is 9.49. The molecule has 0 N–H and O–H groups in total. The van der Waals surface area contributed by atoms with E-state index in [4.69, 9.17) is 4.98 Å². The van der Waals surface area contributed by atoms with Crippen LogP contribution in [0.25, 0.3) is 11.0 Å². The van der Waals surface area contributed by atoms with Crippen LogP contribution in [-0.4, -0.2) is 63.3 Å². The number of nitrogens with zero attached hydrogens (tertiary/aromatic N) is 5. The third-order valence-corrected chi connectivity index (χ3v) is 6.00. The molecule has 0 bridgehead atoms. The third-order valence-electron chi connectivity index (χ3n) is 6.00. The molecule has 2 aromatic heterocycles. The van der Waals surface area contributed by atoms with Crippen LogP contribution in [-0.2, 0) is 7.05 Å². The van der Waals surface area contributed by atoms with Crippen LogP contribution in [0.2, 0.25) is 0 Å². The van der Waals surface area contributed by atoms with Crippen LogP contribution < -0.4 is 0 Å². The van der Waals surface area contributed by atoms with E-state index in [2.05, 4.69) is 34.0 Å². The Bertz CT molecular complexity index is 686. The molecule has 0 amide bonds. The molecule has 2 aliphatic rings. The highest BCUT2D eigenvalue weighted by atomic mass is 15.3. The van der Waals surface area contributed by atoms with Gasteiger partial charge in [-0.05, 0) is 64.0 Å². The van der Waals surface area contributed by atoms with Gasteiger partial charge in [0.25, 0.3) is 0 Å². The average molecular weight is 327 g/mol. The lowest BCUT2D eigenvalue weighted by atomic mass is 9.91. The molecule has 2 aromatic rings. The highest BCUT2D eigenvalue weighted by Gasteiger charge is 2.29. The smallest absolute Gasteiger partial charge is 0.157 e. The molecule has 4 heterocycles. The standard InChI is InChI=1S/C19H29N5/c1-3-23-11-8-17(9-12-23)24-10-4-5-16(14-24)18-7-6-15-13-20-22(2)19(15)21-18/h6-7,13,16-17H,3-5,8-12,14H2,1-2H3. The normalized spacial score (nSPS) is 24.7. The second kappa shape index (κ2) is 6.81. The van der Waals surface area contributed by atoms with Crippen molar-refractivity contribution >= 4 is 11.0 Å². The second-order valence-electron chi connectivity index (χ2n) is 7.42. The van der Waals surface area contributed by atoms with Crippen LogP contribution in [0.15, 0.2) is 18.3 Å². The highest BCUT2D eigenvalue weighted by Crippen LogP contribution is 2.30. The van der Waals surface area contributed by atoms with Crippen molar-refractivity contribution in [1.29, 1.82) is 0 Å². The van der Waals surface area contributed by atoms with Crippen molar-refractivity contribution < 1.29 is 0 Å². The molecule has 2 saturated heterocycles. The minimum absolute atomic E-state index is 0.572. The first-order valence-corrected chi connectivity index (χ1v) is 9.49. The van der Waals surface area contributed by atoms with Crippen LogP contribution in [0.1, 0.15) is 44.2 Å². The Labute approximate surface area is 144 Å². The summed E-state index contributed by atoms with van der Waals surface area (Å²) >= 11 is 0. The molecule has 0 radical (unpaired) electrons. The third kappa shape index (κ3) is 3.07. The Morgan fingerprint density at radius 1 is 1.12 bits per heavy atom. The Kier molecular flexibility index (Phi) is 4.55. The van der Waals surface area contributed by atoms with E-state index in [1.165, 1.54) is 64.1 Å². The van der Waals surface area contributed by atoms with Crippen LogP contribution >= 0.6 is 0 Å². The molecule has 0 aromatic carbocycles. The van der Waals surface area contributed by atoms with E-state index in [0.717, 1.165) is 17.1 Å². The lowest BCUT2D eigenvalue weighted by Gasteiger charge is -2.42. The number of hydrogen-bond donors (Lipinski definition) is 0. The number of fused-ring (bicyclic) bond motifs is 1. The molecule has 2 aliphatic heterocycles. The van der Waals surface area contributed by atoms with Crippen LogP contribution in [0.4, 0.5) is 0 Å². The highest BCUT2D eigenvalue weighted by molar-refractivity contribution is 5.74. The maximum absolute atomic E-state index is 4.93. The summed E-state index contributed by atoms with van der Waals surface area (Å²) in [7, 11) is 1.98. The summed E-state index contributed by atoms with van der Waals surface area (Å²) in [6.45, 7) is 8.44. The summed E-state index contributed by atoms with van der Waals surface area (Å²) in [5, 5.41) is 5.46.